The molecule has 0 bridgehead atoms. The van der Waals surface area contributed by atoms with Crippen LogP contribution in [0, 0.1) is 0 Å². The normalized spacial score (nSPS) is 11.5. The number of hydrogen-bond acceptors (Lipinski definition) is 4. The van der Waals surface area contributed by atoms with E-state index in [0.29, 0.717) is 23.2 Å². The number of ether oxygens (including phenoxy) is 2. The molecule has 0 atom stereocenters. The molecule has 0 unspecified atom stereocenters. The van der Waals surface area contributed by atoms with Gasteiger partial charge in [0, 0.05) is 22.3 Å². The molecule has 6 nitrogen and oxygen atoms in total. The molecule has 0 amide bonds. The molecular formula is C28H27ClN4O2. The van der Waals surface area contributed by atoms with Crippen molar-refractivity contribution in [1.82, 2.24) is 0 Å². The first-order valence-electron chi connectivity index (χ1n) is 10.7. The third kappa shape index (κ3) is 5.99. The Morgan fingerprint density at radius 3 is 1.29 bits per heavy atom. The number of aliphatic imine (C=N–C) groups is 2. The molecule has 0 aliphatic heterocycles. The topological polar surface area (TPSA) is 95.2 Å². The Labute approximate surface area is 211 Å². The van der Waals surface area contributed by atoms with Gasteiger partial charge in [-0.25, -0.2) is 9.98 Å². The summed E-state index contributed by atoms with van der Waals surface area (Å²) in [6.45, 7) is 0. The minimum atomic E-state index is 0. The molecular weight excluding hydrogens is 460 g/mol. The van der Waals surface area contributed by atoms with Gasteiger partial charge in [0.2, 0.25) is 0 Å². The second kappa shape index (κ2) is 11.7. The van der Waals surface area contributed by atoms with E-state index >= 15 is 0 Å². The lowest BCUT2D eigenvalue weighted by molar-refractivity contribution is 0.410. The van der Waals surface area contributed by atoms with Crippen LogP contribution >= 0.6 is 12.4 Å². The number of nitrogens with zero attached hydrogens (tertiary/aromatic N) is 2. The molecule has 4 aromatic rings. The zero-order chi connectivity index (χ0) is 23.9. The third-order valence-corrected chi connectivity index (χ3v) is 5.29. The van der Waals surface area contributed by atoms with Crippen molar-refractivity contribution in [2.75, 3.05) is 14.2 Å². The van der Waals surface area contributed by atoms with E-state index in [9.17, 15) is 0 Å². The maximum atomic E-state index is 6.34. The van der Waals surface area contributed by atoms with E-state index < -0.39 is 0 Å². The monoisotopic (exact) mass is 486 g/mol. The van der Waals surface area contributed by atoms with Gasteiger partial charge in [-0.05, 0) is 60.7 Å². The Bertz CT molecular complexity index is 1230. The van der Waals surface area contributed by atoms with Crippen molar-refractivity contribution >= 4 is 35.5 Å². The zero-order valence-electron chi connectivity index (χ0n) is 19.5. The van der Waals surface area contributed by atoms with E-state index in [1.54, 1.807) is 14.2 Å². The third-order valence-electron chi connectivity index (χ3n) is 5.29. The Balaban J connectivity index is 0.00000342. The van der Waals surface area contributed by atoms with Gasteiger partial charge in [-0.3, -0.25) is 0 Å². The molecule has 0 radical (unpaired) electrons. The summed E-state index contributed by atoms with van der Waals surface area (Å²) in [7, 11) is 3.25. The van der Waals surface area contributed by atoms with Crippen LogP contribution in [0.15, 0.2) is 107 Å². The van der Waals surface area contributed by atoms with Crippen LogP contribution in [0.1, 0.15) is 11.1 Å². The van der Waals surface area contributed by atoms with Crippen molar-refractivity contribution in [2.45, 2.75) is 0 Å². The van der Waals surface area contributed by atoms with Gasteiger partial charge >= 0.3 is 0 Å². The second-order valence-corrected chi connectivity index (χ2v) is 7.50. The lowest BCUT2D eigenvalue weighted by atomic mass is 9.98. The highest BCUT2D eigenvalue weighted by molar-refractivity contribution is 6.02. The molecule has 0 heterocycles. The summed E-state index contributed by atoms with van der Waals surface area (Å²) < 4.78 is 11.3. The first-order valence-corrected chi connectivity index (χ1v) is 10.7. The molecule has 0 spiro atoms. The van der Waals surface area contributed by atoms with E-state index in [4.69, 9.17) is 20.9 Å². The number of amidine groups is 2. The smallest absolute Gasteiger partial charge is 0.131 e. The summed E-state index contributed by atoms with van der Waals surface area (Å²) in [5.41, 5.74) is 17.4. The summed E-state index contributed by atoms with van der Waals surface area (Å²) in [5, 5.41) is 0. The fraction of sp³-hybridized carbons (Fsp3) is 0.0714. The van der Waals surface area contributed by atoms with Crippen LogP contribution in [0.5, 0.6) is 11.5 Å². The lowest BCUT2D eigenvalue weighted by Gasteiger charge is -2.15. The molecule has 0 aliphatic carbocycles. The van der Waals surface area contributed by atoms with E-state index in [1.165, 1.54) is 0 Å². The molecule has 0 aliphatic rings. The van der Waals surface area contributed by atoms with Crippen molar-refractivity contribution in [3.05, 3.63) is 108 Å². The van der Waals surface area contributed by atoms with Crippen molar-refractivity contribution < 1.29 is 9.47 Å². The molecule has 0 saturated heterocycles. The standard InChI is InChI=1S/C28H26N4O2.ClH/c1-33-25-15-13-19(27(29)31-21-9-5-3-6-10-21)17-23(25)24-18-20(14-16-26(24)34-2)28(30)32-22-11-7-4-8-12-22;/h3-18H,1-2H3,(H2,29,31)(H2,30,32);1H. The predicted molar refractivity (Wildman–Crippen MR) is 146 cm³/mol. The van der Waals surface area contributed by atoms with E-state index in [-0.39, 0.29) is 12.4 Å². The first-order chi connectivity index (χ1) is 16.6. The Hall–Kier alpha value is -4.29. The molecule has 178 valence electrons. The minimum Gasteiger partial charge on any atom is -0.496 e. The average molecular weight is 487 g/mol. The van der Waals surface area contributed by atoms with Gasteiger partial charge in [0.25, 0.3) is 0 Å². The first kappa shape index (κ1) is 25.3. The SMILES string of the molecule is COc1ccc(C(N)=Nc2ccccc2)cc1-c1cc(C(N)=Nc2ccccc2)ccc1OC.Cl. The van der Waals surface area contributed by atoms with Gasteiger partial charge in [-0.2, -0.15) is 0 Å². The summed E-state index contributed by atoms with van der Waals surface area (Å²) in [6.07, 6.45) is 0. The van der Waals surface area contributed by atoms with E-state index in [1.807, 2.05) is 97.1 Å². The largest absolute Gasteiger partial charge is 0.496 e. The van der Waals surface area contributed by atoms with Gasteiger partial charge in [0.15, 0.2) is 0 Å². The summed E-state index contributed by atoms with van der Waals surface area (Å²) in [6, 6.07) is 30.5. The van der Waals surface area contributed by atoms with Crippen molar-refractivity contribution in [1.29, 1.82) is 0 Å². The number of hydrogen-bond donors (Lipinski definition) is 2. The maximum Gasteiger partial charge on any atom is 0.131 e. The van der Waals surface area contributed by atoms with Crippen LogP contribution in [0.4, 0.5) is 11.4 Å². The molecule has 0 fully saturated rings. The van der Waals surface area contributed by atoms with Crippen molar-refractivity contribution in [2.24, 2.45) is 21.5 Å². The molecule has 0 saturated carbocycles. The van der Waals surface area contributed by atoms with Crippen LogP contribution in [-0.4, -0.2) is 25.9 Å². The number of nitrogens with two attached hydrogens (primary N) is 2. The second-order valence-electron chi connectivity index (χ2n) is 7.50. The van der Waals surface area contributed by atoms with Gasteiger partial charge in [0.1, 0.15) is 23.2 Å². The van der Waals surface area contributed by atoms with Gasteiger partial charge < -0.3 is 20.9 Å². The summed E-state index contributed by atoms with van der Waals surface area (Å²) in [5.74, 6) is 2.14. The highest BCUT2D eigenvalue weighted by atomic mass is 35.5. The Kier molecular flexibility index (Phi) is 8.48. The zero-order valence-corrected chi connectivity index (χ0v) is 20.3. The van der Waals surface area contributed by atoms with Crippen molar-refractivity contribution in [3.63, 3.8) is 0 Å². The number of benzene rings is 4. The number of rotatable bonds is 7. The van der Waals surface area contributed by atoms with Crippen LogP contribution in [0.25, 0.3) is 11.1 Å². The van der Waals surface area contributed by atoms with Crippen LogP contribution in [0.2, 0.25) is 0 Å². The maximum absolute atomic E-state index is 6.34. The predicted octanol–water partition coefficient (Wildman–Crippen LogP) is 5.87. The molecule has 4 N–H and O–H groups in total. The fourth-order valence-electron chi connectivity index (χ4n) is 3.57. The van der Waals surface area contributed by atoms with Gasteiger partial charge in [0.05, 0.1) is 25.6 Å². The van der Waals surface area contributed by atoms with Crippen molar-refractivity contribution in [3.8, 4) is 22.6 Å². The van der Waals surface area contributed by atoms with E-state index in [2.05, 4.69) is 9.98 Å². The number of para-hydroxylation sites is 2. The molecule has 35 heavy (non-hydrogen) atoms. The minimum absolute atomic E-state index is 0. The lowest BCUT2D eigenvalue weighted by Crippen LogP contribution is -2.14. The summed E-state index contributed by atoms with van der Waals surface area (Å²) in [4.78, 5) is 9.08. The Morgan fingerprint density at radius 1 is 0.571 bits per heavy atom. The van der Waals surface area contributed by atoms with Gasteiger partial charge in [-0.1, -0.05) is 36.4 Å². The number of halogens is 1. The molecule has 7 heteroatoms. The number of methoxy groups -OCH3 is 2. The van der Waals surface area contributed by atoms with Crippen LogP contribution in [0.3, 0.4) is 0 Å². The Morgan fingerprint density at radius 2 is 0.943 bits per heavy atom. The molecule has 4 aromatic carbocycles. The highest BCUT2D eigenvalue weighted by Gasteiger charge is 2.15. The quantitative estimate of drug-likeness (QED) is 0.252. The van der Waals surface area contributed by atoms with E-state index in [0.717, 1.165) is 33.6 Å². The van der Waals surface area contributed by atoms with Gasteiger partial charge in [-0.15, -0.1) is 12.4 Å². The van der Waals surface area contributed by atoms with Crippen LogP contribution < -0.4 is 20.9 Å². The molecule has 4 rings (SSSR count). The van der Waals surface area contributed by atoms with Crippen LogP contribution in [-0.2, 0) is 0 Å². The fourth-order valence-corrected chi connectivity index (χ4v) is 3.57. The average Bonchev–Trinajstić information content (AvgIpc) is 2.89. The molecule has 0 aromatic heterocycles. The summed E-state index contributed by atoms with van der Waals surface area (Å²) >= 11 is 0. The highest BCUT2D eigenvalue weighted by Crippen LogP contribution is 2.38.